The topological polar surface area (TPSA) is 103 Å². The summed E-state index contributed by atoms with van der Waals surface area (Å²) in [5.41, 5.74) is 1.57. The minimum absolute atomic E-state index is 0.172. The van der Waals surface area contributed by atoms with E-state index in [1.54, 1.807) is 42.5 Å². The molecule has 28 heavy (non-hydrogen) atoms. The molecule has 3 rings (SSSR count). The van der Waals surface area contributed by atoms with Crippen LogP contribution in [0.3, 0.4) is 0 Å². The van der Waals surface area contributed by atoms with Crippen molar-refractivity contribution in [1.82, 2.24) is 5.32 Å². The molecule has 2 aromatic rings. The molecule has 0 bridgehead atoms. The number of anilines is 1. The molecule has 2 aromatic carbocycles. The highest BCUT2D eigenvalue weighted by Gasteiger charge is 2.12. The molecule has 0 aromatic heterocycles. The van der Waals surface area contributed by atoms with Gasteiger partial charge in [-0.25, -0.2) is 4.79 Å². The Balaban J connectivity index is 1.49. The first-order valence-electron chi connectivity index (χ1n) is 8.41. The summed E-state index contributed by atoms with van der Waals surface area (Å²) < 4.78 is 15.4. The Kier molecular flexibility index (Phi) is 5.91. The average molecular weight is 382 g/mol. The van der Waals surface area contributed by atoms with Crippen molar-refractivity contribution in [1.29, 1.82) is 0 Å². The molecule has 144 valence electrons. The van der Waals surface area contributed by atoms with Gasteiger partial charge in [-0.15, -0.1) is 0 Å². The number of fused-ring (bicyclic) bond motifs is 1. The number of hydrogen-bond donors (Lipinski definition) is 2. The van der Waals surface area contributed by atoms with E-state index >= 15 is 0 Å². The molecule has 2 N–H and O–H groups in total. The summed E-state index contributed by atoms with van der Waals surface area (Å²) in [6.07, 6.45) is 2.77. The number of rotatable bonds is 6. The molecule has 8 nitrogen and oxygen atoms in total. The predicted molar refractivity (Wildman–Crippen MR) is 101 cm³/mol. The number of carbonyl (C=O) groups excluding carboxylic acids is 3. The lowest BCUT2D eigenvalue weighted by atomic mass is 10.2. The van der Waals surface area contributed by atoms with Crippen LogP contribution in [0.4, 0.5) is 5.69 Å². The van der Waals surface area contributed by atoms with E-state index in [4.69, 9.17) is 14.2 Å². The maximum absolute atomic E-state index is 11.9. The molecule has 0 fully saturated rings. The molecule has 1 heterocycles. The van der Waals surface area contributed by atoms with Crippen molar-refractivity contribution >= 4 is 29.5 Å². The zero-order chi connectivity index (χ0) is 19.9. The summed E-state index contributed by atoms with van der Waals surface area (Å²) in [4.78, 5) is 35.3. The lowest BCUT2D eigenvalue weighted by molar-refractivity contribution is -0.142. The fourth-order valence-electron chi connectivity index (χ4n) is 2.45. The highest BCUT2D eigenvalue weighted by molar-refractivity contribution is 5.98. The van der Waals surface area contributed by atoms with Crippen LogP contribution in [0.15, 0.2) is 48.5 Å². The number of carbonyl (C=O) groups is 3. The minimum atomic E-state index is -0.660. The highest BCUT2D eigenvalue weighted by atomic mass is 16.7. The third-order valence-corrected chi connectivity index (χ3v) is 3.79. The molecule has 0 spiro atoms. The Morgan fingerprint density at radius 2 is 1.93 bits per heavy atom. The molecule has 0 radical (unpaired) electrons. The number of benzene rings is 2. The highest BCUT2D eigenvalue weighted by Crippen LogP contribution is 2.32. The normalized spacial score (nSPS) is 11.9. The van der Waals surface area contributed by atoms with Crippen molar-refractivity contribution in [3.63, 3.8) is 0 Å². The molecular weight excluding hydrogens is 364 g/mol. The summed E-state index contributed by atoms with van der Waals surface area (Å²) in [6, 6.07) is 11.7. The van der Waals surface area contributed by atoms with Gasteiger partial charge in [0.25, 0.3) is 11.8 Å². The van der Waals surface area contributed by atoms with Gasteiger partial charge >= 0.3 is 5.97 Å². The molecule has 1 aliphatic heterocycles. The Morgan fingerprint density at radius 3 is 2.75 bits per heavy atom. The first-order chi connectivity index (χ1) is 13.5. The van der Waals surface area contributed by atoms with Crippen LogP contribution in [-0.4, -0.2) is 38.2 Å². The first-order valence-corrected chi connectivity index (χ1v) is 8.41. The largest absolute Gasteiger partial charge is 0.454 e. The molecule has 0 aliphatic carbocycles. The smallest absolute Gasteiger partial charge is 0.331 e. The van der Waals surface area contributed by atoms with E-state index < -0.39 is 18.5 Å². The summed E-state index contributed by atoms with van der Waals surface area (Å²) >= 11 is 0. The second-order valence-corrected chi connectivity index (χ2v) is 5.76. The van der Waals surface area contributed by atoms with Gasteiger partial charge in [0.2, 0.25) is 6.79 Å². The van der Waals surface area contributed by atoms with Crippen LogP contribution in [0.2, 0.25) is 0 Å². The number of amides is 2. The third-order valence-electron chi connectivity index (χ3n) is 3.79. The van der Waals surface area contributed by atoms with E-state index in [9.17, 15) is 14.4 Å². The fourth-order valence-corrected chi connectivity index (χ4v) is 2.45. The van der Waals surface area contributed by atoms with E-state index in [0.29, 0.717) is 22.7 Å². The number of esters is 1. The van der Waals surface area contributed by atoms with Gasteiger partial charge in [-0.2, -0.15) is 0 Å². The van der Waals surface area contributed by atoms with Crippen molar-refractivity contribution in [3.8, 4) is 11.5 Å². The van der Waals surface area contributed by atoms with Crippen LogP contribution in [-0.2, 0) is 14.3 Å². The van der Waals surface area contributed by atoms with E-state index in [1.807, 2.05) is 0 Å². The van der Waals surface area contributed by atoms with Crippen LogP contribution in [0, 0.1) is 0 Å². The molecule has 2 amide bonds. The maximum Gasteiger partial charge on any atom is 0.331 e. The maximum atomic E-state index is 11.9. The molecule has 0 saturated heterocycles. The van der Waals surface area contributed by atoms with E-state index in [-0.39, 0.29) is 12.7 Å². The van der Waals surface area contributed by atoms with E-state index in [2.05, 4.69) is 10.6 Å². The minimum Gasteiger partial charge on any atom is -0.454 e. The van der Waals surface area contributed by atoms with Crippen LogP contribution >= 0.6 is 0 Å². The lowest BCUT2D eigenvalue weighted by Crippen LogP contribution is -2.21. The Labute approximate surface area is 161 Å². The summed E-state index contributed by atoms with van der Waals surface area (Å²) in [5, 5.41) is 5.07. The quantitative estimate of drug-likeness (QED) is 0.585. The van der Waals surface area contributed by atoms with Gasteiger partial charge in [-0.05, 0) is 42.0 Å². The van der Waals surface area contributed by atoms with E-state index in [1.165, 1.54) is 19.2 Å². The number of ether oxygens (including phenoxy) is 3. The third kappa shape index (κ3) is 4.88. The summed E-state index contributed by atoms with van der Waals surface area (Å²) in [7, 11) is 1.52. The molecule has 8 heteroatoms. The van der Waals surface area contributed by atoms with Gasteiger partial charge in [0.15, 0.2) is 18.1 Å². The molecule has 0 saturated carbocycles. The van der Waals surface area contributed by atoms with Crippen LogP contribution < -0.4 is 20.1 Å². The van der Waals surface area contributed by atoms with Gasteiger partial charge < -0.3 is 24.8 Å². The van der Waals surface area contributed by atoms with Crippen molar-refractivity contribution < 1.29 is 28.6 Å². The molecule has 0 atom stereocenters. The Bertz CT molecular complexity index is 938. The zero-order valence-corrected chi connectivity index (χ0v) is 15.1. The Morgan fingerprint density at radius 1 is 1.11 bits per heavy atom. The van der Waals surface area contributed by atoms with Crippen LogP contribution in [0.25, 0.3) is 6.08 Å². The van der Waals surface area contributed by atoms with Gasteiger partial charge in [0.1, 0.15) is 0 Å². The molecule has 1 aliphatic rings. The van der Waals surface area contributed by atoms with Crippen molar-refractivity contribution in [2.45, 2.75) is 0 Å². The van der Waals surface area contributed by atoms with E-state index in [0.717, 1.165) is 5.56 Å². The van der Waals surface area contributed by atoms with Gasteiger partial charge in [0, 0.05) is 24.4 Å². The van der Waals surface area contributed by atoms with Crippen molar-refractivity contribution in [2.24, 2.45) is 0 Å². The monoisotopic (exact) mass is 382 g/mol. The van der Waals surface area contributed by atoms with Crippen LogP contribution in [0.5, 0.6) is 11.5 Å². The summed E-state index contributed by atoms with van der Waals surface area (Å²) in [5.74, 6) is -0.187. The van der Waals surface area contributed by atoms with Gasteiger partial charge in [-0.3, -0.25) is 9.59 Å². The standard InChI is InChI=1S/C20H18N2O6/c1-21-20(25)14-3-2-4-15(10-14)22-18(23)11-26-19(24)8-6-13-5-7-16-17(9-13)28-12-27-16/h2-10H,11-12H2,1H3,(H,21,25)(H,22,23)/b8-6+. The average Bonchev–Trinajstić information content (AvgIpc) is 3.18. The van der Waals surface area contributed by atoms with Crippen molar-refractivity contribution in [2.75, 3.05) is 25.8 Å². The summed E-state index contributed by atoms with van der Waals surface area (Å²) in [6.45, 7) is -0.278. The Hall–Kier alpha value is -3.81. The predicted octanol–water partition coefficient (Wildman–Crippen LogP) is 1.97. The second kappa shape index (κ2) is 8.72. The zero-order valence-electron chi connectivity index (χ0n) is 15.1. The second-order valence-electron chi connectivity index (χ2n) is 5.76. The van der Waals surface area contributed by atoms with Crippen LogP contribution in [0.1, 0.15) is 15.9 Å². The first kappa shape index (κ1) is 19.0. The van der Waals surface area contributed by atoms with Gasteiger partial charge in [0.05, 0.1) is 0 Å². The fraction of sp³-hybridized carbons (Fsp3) is 0.150. The van der Waals surface area contributed by atoms with Crippen molar-refractivity contribution in [3.05, 3.63) is 59.7 Å². The number of hydrogen-bond acceptors (Lipinski definition) is 6. The van der Waals surface area contributed by atoms with Gasteiger partial charge in [-0.1, -0.05) is 12.1 Å². The lowest BCUT2D eigenvalue weighted by Gasteiger charge is -2.07. The number of nitrogens with one attached hydrogen (secondary N) is 2. The SMILES string of the molecule is CNC(=O)c1cccc(NC(=O)COC(=O)/C=C/c2ccc3c(c2)OCO3)c1. The molecule has 0 unspecified atom stereocenters. The molecular formula is C20H18N2O6.